The number of hydrogen-bond acceptors (Lipinski definition) is 0. The van der Waals surface area contributed by atoms with Gasteiger partial charge in [-0.1, -0.05) is 186 Å². The second kappa shape index (κ2) is 21.6. The lowest BCUT2D eigenvalue weighted by Gasteiger charge is -2.19. The highest BCUT2D eigenvalue weighted by Gasteiger charge is 2.13. The van der Waals surface area contributed by atoms with Crippen molar-refractivity contribution in [3.63, 3.8) is 0 Å². The van der Waals surface area contributed by atoms with Gasteiger partial charge in [-0.25, -0.2) is 0 Å². The minimum absolute atomic E-state index is 0.682. The van der Waals surface area contributed by atoms with Crippen molar-refractivity contribution in [3.8, 4) is 0 Å². The Balaban J connectivity index is 1.71. The van der Waals surface area contributed by atoms with Crippen molar-refractivity contribution in [2.45, 2.75) is 174 Å². The first-order valence-corrected chi connectivity index (χ1v) is 16.8. The summed E-state index contributed by atoms with van der Waals surface area (Å²) in [7, 11) is 0. The van der Waals surface area contributed by atoms with Crippen LogP contribution in [0.3, 0.4) is 0 Å². The number of benzene rings is 2. The smallest absolute Gasteiger partial charge is 0.0149 e. The maximum absolute atomic E-state index is 2.49. The van der Waals surface area contributed by atoms with Gasteiger partial charge in [0.15, 0.2) is 0 Å². The summed E-state index contributed by atoms with van der Waals surface area (Å²) in [5, 5.41) is 2.94. The average Bonchev–Trinajstić information content (AvgIpc) is 2.92. The van der Waals surface area contributed by atoms with Crippen molar-refractivity contribution in [2.75, 3.05) is 0 Å². The lowest BCUT2D eigenvalue weighted by atomic mass is 9.86. The molecule has 2 aromatic rings. The van der Waals surface area contributed by atoms with E-state index < -0.39 is 0 Å². The molecular formula is C37H62. The topological polar surface area (TPSA) is 0 Å². The molecular weight excluding hydrogens is 444 g/mol. The number of unbranched alkanes of at least 4 members (excludes halogenated alkanes) is 19. The minimum atomic E-state index is 0.682. The van der Waals surface area contributed by atoms with Crippen LogP contribution in [-0.4, -0.2) is 0 Å². The van der Waals surface area contributed by atoms with Gasteiger partial charge in [-0.05, 0) is 47.1 Å². The van der Waals surface area contributed by atoms with Gasteiger partial charge in [0, 0.05) is 0 Å². The maximum atomic E-state index is 2.49. The number of aryl methyl sites for hydroxylation is 1. The van der Waals surface area contributed by atoms with Gasteiger partial charge < -0.3 is 0 Å². The van der Waals surface area contributed by atoms with Crippen LogP contribution >= 0.6 is 0 Å². The molecule has 0 amide bonds. The van der Waals surface area contributed by atoms with E-state index in [-0.39, 0.29) is 0 Å². The molecule has 0 aliphatic heterocycles. The molecule has 37 heavy (non-hydrogen) atoms. The van der Waals surface area contributed by atoms with Crippen molar-refractivity contribution < 1.29 is 0 Å². The average molecular weight is 507 g/mol. The van der Waals surface area contributed by atoms with Gasteiger partial charge in [-0.2, -0.15) is 0 Å². The molecule has 1 atom stereocenters. The van der Waals surface area contributed by atoms with Crippen molar-refractivity contribution in [1.82, 2.24) is 0 Å². The molecule has 2 rings (SSSR count). The van der Waals surface area contributed by atoms with E-state index in [2.05, 4.69) is 57.2 Å². The van der Waals surface area contributed by atoms with Crippen LogP contribution in [0, 0.1) is 0 Å². The Hall–Kier alpha value is -1.30. The van der Waals surface area contributed by atoms with Crippen molar-refractivity contribution in [1.29, 1.82) is 0 Å². The standard InChI is InChI=1S/C37H62/c1-4-6-8-10-12-14-15-16-18-20-22-24-30-37-35(32-31-34-28-25-26-29-36(34)37)33(3)27-23-21-19-17-13-11-9-7-5-2/h25-26,28-29,31-33H,4-24,27,30H2,1-3H3. The first-order valence-electron chi connectivity index (χ1n) is 16.8. The summed E-state index contributed by atoms with van der Waals surface area (Å²) in [5.41, 5.74) is 3.30. The molecule has 0 fully saturated rings. The molecule has 0 heteroatoms. The zero-order valence-corrected chi connectivity index (χ0v) is 25.3. The maximum Gasteiger partial charge on any atom is -0.0149 e. The highest BCUT2D eigenvalue weighted by atomic mass is 14.2. The third-order valence-electron chi connectivity index (χ3n) is 8.63. The fourth-order valence-electron chi connectivity index (χ4n) is 6.15. The molecule has 0 aliphatic rings. The van der Waals surface area contributed by atoms with E-state index in [0.29, 0.717) is 5.92 Å². The summed E-state index contributed by atoms with van der Waals surface area (Å²) in [6.45, 7) is 7.10. The zero-order valence-electron chi connectivity index (χ0n) is 25.3. The van der Waals surface area contributed by atoms with E-state index in [1.165, 1.54) is 158 Å². The van der Waals surface area contributed by atoms with E-state index >= 15 is 0 Å². The molecule has 0 saturated carbocycles. The van der Waals surface area contributed by atoms with E-state index in [1.807, 2.05) is 0 Å². The summed E-state index contributed by atoms with van der Waals surface area (Å²) in [6.07, 6.45) is 32.5. The quantitative estimate of drug-likeness (QED) is 0.124. The predicted octanol–water partition coefficient (Wildman–Crippen LogP) is 13.1. The molecule has 0 spiro atoms. The molecule has 0 bridgehead atoms. The molecule has 0 heterocycles. The monoisotopic (exact) mass is 506 g/mol. The summed E-state index contributed by atoms with van der Waals surface area (Å²) in [6, 6.07) is 14.0. The van der Waals surface area contributed by atoms with Crippen LogP contribution in [0.4, 0.5) is 0 Å². The van der Waals surface area contributed by atoms with E-state index in [9.17, 15) is 0 Å². The highest BCUT2D eigenvalue weighted by Crippen LogP contribution is 2.32. The van der Waals surface area contributed by atoms with Crippen LogP contribution < -0.4 is 0 Å². The van der Waals surface area contributed by atoms with Crippen LogP contribution in [-0.2, 0) is 6.42 Å². The number of rotatable bonds is 24. The fourth-order valence-corrected chi connectivity index (χ4v) is 6.15. The Labute approximate surface area is 232 Å². The molecule has 2 aromatic carbocycles. The largest absolute Gasteiger partial charge is 0.0654 e. The van der Waals surface area contributed by atoms with E-state index in [0.717, 1.165) is 0 Å². The van der Waals surface area contributed by atoms with Crippen LogP contribution in [0.2, 0.25) is 0 Å². The third-order valence-corrected chi connectivity index (χ3v) is 8.63. The second-order valence-electron chi connectivity index (χ2n) is 12.0. The Morgan fingerprint density at radius 2 is 0.946 bits per heavy atom. The Morgan fingerprint density at radius 1 is 0.486 bits per heavy atom. The number of hydrogen-bond donors (Lipinski definition) is 0. The SMILES string of the molecule is CCCCCCCCCCCCCCc1c(C(C)CCCCCCCCCCC)ccc2ccccc12. The minimum Gasteiger partial charge on any atom is -0.0654 e. The molecule has 0 aliphatic carbocycles. The van der Waals surface area contributed by atoms with Gasteiger partial charge in [-0.15, -0.1) is 0 Å². The van der Waals surface area contributed by atoms with Gasteiger partial charge in [0.25, 0.3) is 0 Å². The first-order chi connectivity index (χ1) is 18.3. The molecule has 0 nitrogen and oxygen atoms in total. The summed E-state index contributed by atoms with van der Waals surface area (Å²) in [5.74, 6) is 0.682. The number of fused-ring (bicyclic) bond motifs is 1. The van der Waals surface area contributed by atoms with Crippen molar-refractivity contribution in [3.05, 3.63) is 47.5 Å². The van der Waals surface area contributed by atoms with Crippen molar-refractivity contribution in [2.24, 2.45) is 0 Å². The Bertz CT molecular complexity index is 788. The van der Waals surface area contributed by atoms with Crippen LogP contribution in [0.15, 0.2) is 36.4 Å². The lowest BCUT2D eigenvalue weighted by molar-refractivity contribution is 0.535. The summed E-state index contributed by atoms with van der Waals surface area (Å²) >= 11 is 0. The van der Waals surface area contributed by atoms with Crippen LogP contribution in [0.1, 0.15) is 179 Å². The van der Waals surface area contributed by atoms with Crippen molar-refractivity contribution >= 4 is 10.8 Å². The second-order valence-corrected chi connectivity index (χ2v) is 12.0. The van der Waals surface area contributed by atoms with E-state index in [4.69, 9.17) is 0 Å². The predicted molar refractivity (Wildman–Crippen MR) is 169 cm³/mol. The molecule has 0 aromatic heterocycles. The Kier molecular flexibility index (Phi) is 18.6. The van der Waals surface area contributed by atoms with Gasteiger partial charge >= 0.3 is 0 Å². The van der Waals surface area contributed by atoms with Gasteiger partial charge in [0.1, 0.15) is 0 Å². The molecule has 210 valence electrons. The molecule has 0 radical (unpaired) electrons. The Morgan fingerprint density at radius 3 is 1.49 bits per heavy atom. The van der Waals surface area contributed by atoms with Crippen LogP contribution in [0.5, 0.6) is 0 Å². The van der Waals surface area contributed by atoms with Crippen LogP contribution in [0.25, 0.3) is 10.8 Å². The molecule has 0 N–H and O–H groups in total. The third kappa shape index (κ3) is 13.9. The lowest BCUT2D eigenvalue weighted by Crippen LogP contribution is -2.02. The van der Waals surface area contributed by atoms with E-state index in [1.54, 1.807) is 11.1 Å². The normalized spacial score (nSPS) is 12.4. The molecule has 1 unspecified atom stereocenters. The van der Waals surface area contributed by atoms with Gasteiger partial charge in [0.2, 0.25) is 0 Å². The summed E-state index contributed by atoms with van der Waals surface area (Å²) < 4.78 is 0. The zero-order chi connectivity index (χ0) is 26.4. The van der Waals surface area contributed by atoms with Gasteiger partial charge in [0.05, 0.1) is 0 Å². The fraction of sp³-hybridized carbons (Fsp3) is 0.730. The van der Waals surface area contributed by atoms with Gasteiger partial charge in [-0.3, -0.25) is 0 Å². The summed E-state index contributed by atoms with van der Waals surface area (Å²) in [4.78, 5) is 0. The first kappa shape index (κ1) is 31.9. The highest BCUT2D eigenvalue weighted by molar-refractivity contribution is 5.87. The molecule has 0 saturated heterocycles.